The van der Waals surface area contributed by atoms with Crippen molar-refractivity contribution in [3.63, 3.8) is 0 Å². The molecular formula is C17H28N2O4+2. The maximum Gasteiger partial charge on any atom is 0.337 e. The number of methoxy groups -OCH3 is 1. The molecule has 6 heteroatoms. The Labute approximate surface area is 137 Å². The van der Waals surface area contributed by atoms with E-state index in [1.807, 2.05) is 0 Å². The van der Waals surface area contributed by atoms with E-state index in [4.69, 9.17) is 4.74 Å². The largest absolute Gasteiger partial charge is 0.491 e. The Morgan fingerprint density at radius 1 is 1.17 bits per heavy atom. The van der Waals surface area contributed by atoms with Gasteiger partial charge in [-0.05, 0) is 31.2 Å². The fourth-order valence-electron chi connectivity index (χ4n) is 2.90. The monoisotopic (exact) mass is 324 g/mol. The molecule has 1 fully saturated rings. The number of carbonyl (C=O) groups excluding carboxylic acids is 1. The van der Waals surface area contributed by atoms with E-state index in [1.165, 1.54) is 31.6 Å². The molecule has 1 heterocycles. The van der Waals surface area contributed by atoms with Crippen LogP contribution in [0, 0.1) is 0 Å². The van der Waals surface area contributed by atoms with E-state index in [-0.39, 0.29) is 12.6 Å². The summed E-state index contributed by atoms with van der Waals surface area (Å²) in [7, 11) is 1.35. The Morgan fingerprint density at radius 3 is 2.35 bits per heavy atom. The third-order valence-electron chi connectivity index (χ3n) is 4.41. The van der Waals surface area contributed by atoms with Crippen LogP contribution in [0.1, 0.15) is 17.3 Å². The summed E-state index contributed by atoms with van der Waals surface area (Å²) >= 11 is 0. The summed E-state index contributed by atoms with van der Waals surface area (Å²) in [6.07, 6.45) is -0.478. The van der Waals surface area contributed by atoms with Gasteiger partial charge in [0.25, 0.3) is 0 Å². The van der Waals surface area contributed by atoms with Gasteiger partial charge in [0.15, 0.2) is 0 Å². The molecule has 0 radical (unpaired) electrons. The summed E-state index contributed by atoms with van der Waals surface area (Å²) in [6, 6.07) is 6.75. The summed E-state index contributed by atoms with van der Waals surface area (Å²) in [6.45, 7) is 8.95. The van der Waals surface area contributed by atoms with Crippen LogP contribution >= 0.6 is 0 Å². The predicted octanol–water partition coefficient (Wildman–Crippen LogP) is -1.98. The van der Waals surface area contributed by atoms with Gasteiger partial charge in [0, 0.05) is 0 Å². The second-order valence-electron chi connectivity index (χ2n) is 6.04. The Balaban J connectivity index is 1.72. The summed E-state index contributed by atoms with van der Waals surface area (Å²) in [5, 5.41) is 10.1. The SMILES string of the molecule is CC[NH+]1CC[NH+](C[C@@H](O)COc2ccc(C(=O)OC)cc2)CC1. The average molecular weight is 324 g/mol. The van der Waals surface area contributed by atoms with Crippen LogP contribution in [0.2, 0.25) is 0 Å². The second-order valence-corrected chi connectivity index (χ2v) is 6.04. The van der Waals surface area contributed by atoms with Crippen molar-refractivity contribution < 1.29 is 29.2 Å². The highest BCUT2D eigenvalue weighted by Gasteiger charge is 2.23. The highest BCUT2D eigenvalue weighted by molar-refractivity contribution is 5.89. The van der Waals surface area contributed by atoms with Crippen molar-refractivity contribution in [3.8, 4) is 5.75 Å². The summed E-state index contributed by atoms with van der Waals surface area (Å²) < 4.78 is 10.2. The zero-order chi connectivity index (χ0) is 16.7. The van der Waals surface area contributed by atoms with Crippen LogP contribution < -0.4 is 14.5 Å². The number of aliphatic hydroxyl groups excluding tert-OH is 1. The molecular weight excluding hydrogens is 296 g/mol. The molecule has 1 aliphatic heterocycles. The number of hydrogen-bond donors (Lipinski definition) is 3. The molecule has 0 saturated carbocycles. The third-order valence-corrected chi connectivity index (χ3v) is 4.41. The smallest absolute Gasteiger partial charge is 0.337 e. The lowest BCUT2D eigenvalue weighted by molar-refractivity contribution is -1.01. The number of rotatable bonds is 7. The van der Waals surface area contributed by atoms with Gasteiger partial charge in [-0.1, -0.05) is 0 Å². The molecule has 2 rings (SSSR count). The molecule has 1 saturated heterocycles. The van der Waals surface area contributed by atoms with E-state index in [0.717, 1.165) is 19.6 Å². The Morgan fingerprint density at radius 2 is 1.78 bits per heavy atom. The number of piperazine rings is 1. The van der Waals surface area contributed by atoms with Crippen LogP contribution in [-0.4, -0.2) is 70.2 Å². The summed E-state index contributed by atoms with van der Waals surface area (Å²) in [5.74, 6) is 0.278. The quantitative estimate of drug-likeness (QED) is 0.509. The number of benzene rings is 1. The van der Waals surface area contributed by atoms with E-state index in [9.17, 15) is 9.90 Å². The molecule has 3 N–H and O–H groups in total. The van der Waals surface area contributed by atoms with E-state index >= 15 is 0 Å². The minimum Gasteiger partial charge on any atom is -0.491 e. The molecule has 1 aliphatic rings. The predicted molar refractivity (Wildman–Crippen MR) is 86.1 cm³/mol. The third kappa shape index (κ3) is 5.49. The lowest BCUT2D eigenvalue weighted by Crippen LogP contribution is -3.28. The van der Waals surface area contributed by atoms with Crippen molar-refractivity contribution in [2.75, 3.05) is 53.0 Å². The van der Waals surface area contributed by atoms with Crippen LogP contribution in [0.25, 0.3) is 0 Å². The molecule has 6 nitrogen and oxygen atoms in total. The fraction of sp³-hybridized carbons (Fsp3) is 0.588. The molecule has 0 amide bonds. The van der Waals surface area contributed by atoms with Crippen LogP contribution in [0.5, 0.6) is 5.75 Å². The summed E-state index contributed by atoms with van der Waals surface area (Å²) in [4.78, 5) is 14.4. The number of ether oxygens (including phenoxy) is 2. The van der Waals surface area contributed by atoms with Gasteiger partial charge in [0.05, 0.1) is 19.2 Å². The molecule has 23 heavy (non-hydrogen) atoms. The maximum absolute atomic E-state index is 11.3. The minimum atomic E-state index is -0.478. The highest BCUT2D eigenvalue weighted by atomic mass is 16.5. The van der Waals surface area contributed by atoms with Gasteiger partial charge in [0.2, 0.25) is 0 Å². The van der Waals surface area contributed by atoms with Crippen LogP contribution in [-0.2, 0) is 4.74 Å². The van der Waals surface area contributed by atoms with Crippen LogP contribution in [0.15, 0.2) is 24.3 Å². The molecule has 0 unspecified atom stereocenters. The van der Waals surface area contributed by atoms with Crippen molar-refractivity contribution >= 4 is 5.97 Å². The number of hydrogen-bond acceptors (Lipinski definition) is 4. The normalized spacial score (nSPS) is 22.4. The molecule has 0 aromatic heterocycles. The fourth-order valence-corrected chi connectivity index (χ4v) is 2.90. The molecule has 0 bridgehead atoms. The lowest BCUT2D eigenvalue weighted by Gasteiger charge is -2.30. The standard InChI is InChI=1S/C17H26N2O4/c1-3-18-8-10-19(11-9-18)12-15(20)13-23-16-6-4-14(5-7-16)17(21)22-2/h4-7,15,20H,3,8-13H2,1-2H3/p+2/t15-/m1/s1. The Hall–Kier alpha value is -1.63. The minimum absolute atomic E-state index is 0.269. The van der Waals surface area contributed by atoms with Crippen LogP contribution in [0.3, 0.4) is 0 Å². The highest BCUT2D eigenvalue weighted by Crippen LogP contribution is 2.12. The molecule has 1 atom stereocenters. The molecule has 1 aromatic rings. The Bertz CT molecular complexity index is 484. The molecule has 0 spiro atoms. The number of likely N-dealkylation sites (N-methyl/N-ethyl adjacent to an activating group) is 1. The zero-order valence-electron chi connectivity index (χ0n) is 14.0. The first-order valence-electron chi connectivity index (χ1n) is 8.28. The number of carbonyl (C=O) groups is 1. The molecule has 0 aliphatic carbocycles. The first kappa shape index (κ1) is 17.7. The second kappa shape index (κ2) is 8.86. The average Bonchev–Trinajstić information content (AvgIpc) is 2.60. The van der Waals surface area contributed by atoms with Crippen molar-refractivity contribution in [1.29, 1.82) is 0 Å². The van der Waals surface area contributed by atoms with Crippen molar-refractivity contribution in [2.24, 2.45) is 0 Å². The molecule has 1 aromatic carbocycles. The maximum atomic E-state index is 11.3. The first-order valence-corrected chi connectivity index (χ1v) is 8.28. The van der Waals surface area contributed by atoms with Gasteiger partial charge in [-0.25, -0.2) is 4.79 Å². The Kier molecular flexibility index (Phi) is 6.83. The van der Waals surface area contributed by atoms with Crippen molar-refractivity contribution in [2.45, 2.75) is 13.0 Å². The van der Waals surface area contributed by atoms with E-state index in [0.29, 0.717) is 11.3 Å². The topological polar surface area (TPSA) is 64.6 Å². The van der Waals surface area contributed by atoms with Gasteiger partial charge in [-0.3, -0.25) is 0 Å². The number of aliphatic hydroxyl groups is 1. The lowest BCUT2D eigenvalue weighted by atomic mass is 10.2. The van der Waals surface area contributed by atoms with Gasteiger partial charge in [-0.15, -0.1) is 0 Å². The van der Waals surface area contributed by atoms with Crippen molar-refractivity contribution in [3.05, 3.63) is 29.8 Å². The zero-order valence-corrected chi connectivity index (χ0v) is 14.0. The number of nitrogens with one attached hydrogen (secondary N) is 2. The van der Waals surface area contributed by atoms with Gasteiger partial charge < -0.3 is 24.4 Å². The van der Waals surface area contributed by atoms with Crippen molar-refractivity contribution in [1.82, 2.24) is 0 Å². The first-order chi connectivity index (χ1) is 11.1. The van der Waals surface area contributed by atoms with Gasteiger partial charge >= 0.3 is 5.97 Å². The number of esters is 1. The van der Waals surface area contributed by atoms with E-state index in [1.54, 1.807) is 29.2 Å². The molecule has 128 valence electrons. The summed E-state index contributed by atoms with van der Waals surface area (Å²) in [5.41, 5.74) is 0.487. The van der Waals surface area contributed by atoms with Crippen LogP contribution in [0.4, 0.5) is 0 Å². The van der Waals surface area contributed by atoms with E-state index < -0.39 is 6.10 Å². The van der Waals surface area contributed by atoms with Gasteiger partial charge in [-0.2, -0.15) is 0 Å². The number of quaternary nitrogens is 2. The van der Waals surface area contributed by atoms with E-state index in [2.05, 4.69) is 11.7 Å². The van der Waals surface area contributed by atoms with Gasteiger partial charge in [0.1, 0.15) is 51.2 Å².